The van der Waals surface area contributed by atoms with Crippen LogP contribution >= 0.6 is 0 Å². The molecule has 3 fully saturated rings. The van der Waals surface area contributed by atoms with Crippen molar-refractivity contribution in [3.63, 3.8) is 0 Å². The van der Waals surface area contributed by atoms with Crippen LogP contribution in [-0.4, -0.2) is 53.0 Å². The van der Waals surface area contributed by atoms with Gasteiger partial charge in [0.2, 0.25) is 11.8 Å². The number of rotatable bonds is 5. The molecule has 4 rings (SSSR count). The predicted molar refractivity (Wildman–Crippen MR) is 88.2 cm³/mol. The van der Waals surface area contributed by atoms with Crippen molar-refractivity contribution in [1.29, 1.82) is 0 Å². The van der Waals surface area contributed by atoms with Crippen LogP contribution in [0.2, 0.25) is 0 Å². The normalized spacial score (nSPS) is 29.3. The second-order valence-electron chi connectivity index (χ2n) is 7.27. The number of fused-ring (bicyclic) bond motifs is 2. The number of nitrogens with one attached hydrogen (secondary N) is 2. The summed E-state index contributed by atoms with van der Waals surface area (Å²) in [7, 11) is 0. The Kier molecular flexibility index (Phi) is 4.31. The molecule has 1 aromatic heterocycles. The molecule has 6 heteroatoms. The third-order valence-corrected chi connectivity index (χ3v) is 5.57. The second kappa shape index (κ2) is 6.59. The van der Waals surface area contributed by atoms with E-state index >= 15 is 0 Å². The first-order chi connectivity index (χ1) is 11.7. The summed E-state index contributed by atoms with van der Waals surface area (Å²) in [6.45, 7) is 1.16. The zero-order valence-corrected chi connectivity index (χ0v) is 13.9. The largest absolute Gasteiger partial charge is 0.370 e. The molecule has 130 valence electrons. The van der Waals surface area contributed by atoms with Crippen molar-refractivity contribution in [3.05, 3.63) is 24.0 Å². The van der Waals surface area contributed by atoms with Gasteiger partial charge in [0, 0.05) is 37.4 Å². The number of H-pyrrole nitrogens is 1. The first-order valence-corrected chi connectivity index (χ1v) is 9.05. The van der Waals surface area contributed by atoms with Crippen LogP contribution in [0, 0.1) is 5.92 Å². The third kappa shape index (κ3) is 3.20. The Bertz CT molecular complexity index is 597. The van der Waals surface area contributed by atoms with Gasteiger partial charge in [-0.25, -0.2) is 0 Å². The number of morpholine rings is 1. The summed E-state index contributed by atoms with van der Waals surface area (Å²) in [6.07, 6.45) is 7.11. The molecule has 2 N–H and O–H groups in total. The number of nitrogens with zero attached hydrogens (tertiary/aromatic N) is 1. The van der Waals surface area contributed by atoms with Gasteiger partial charge in [-0.3, -0.25) is 9.59 Å². The van der Waals surface area contributed by atoms with Gasteiger partial charge in [-0.1, -0.05) is 0 Å². The van der Waals surface area contributed by atoms with E-state index in [4.69, 9.17) is 4.74 Å². The summed E-state index contributed by atoms with van der Waals surface area (Å²) >= 11 is 0. The van der Waals surface area contributed by atoms with Crippen LogP contribution < -0.4 is 5.32 Å². The number of ether oxygens (including phenoxy) is 1. The minimum Gasteiger partial charge on any atom is -0.370 e. The van der Waals surface area contributed by atoms with Gasteiger partial charge in [0.1, 0.15) is 0 Å². The molecule has 0 aromatic carbocycles. The van der Waals surface area contributed by atoms with Gasteiger partial charge in [0.25, 0.3) is 0 Å². The number of aromatic amines is 1. The summed E-state index contributed by atoms with van der Waals surface area (Å²) < 4.78 is 5.93. The van der Waals surface area contributed by atoms with Crippen LogP contribution in [-0.2, 0) is 20.7 Å². The van der Waals surface area contributed by atoms with Crippen LogP contribution in [0.4, 0.5) is 0 Å². The highest BCUT2D eigenvalue weighted by Crippen LogP contribution is 2.33. The fourth-order valence-electron chi connectivity index (χ4n) is 3.92. The molecule has 2 bridgehead atoms. The van der Waals surface area contributed by atoms with Crippen LogP contribution in [0.5, 0.6) is 0 Å². The topological polar surface area (TPSA) is 74.4 Å². The summed E-state index contributed by atoms with van der Waals surface area (Å²) in [6, 6.07) is 4.30. The number of aryl methyl sites for hydroxylation is 1. The minimum atomic E-state index is -0.140. The molecule has 3 aliphatic rings. The number of aromatic nitrogens is 1. The Morgan fingerprint density at radius 1 is 1.33 bits per heavy atom. The first-order valence-electron chi connectivity index (χ1n) is 9.05. The molecular formula is C18H25N3O3. The SMILES string of the molecule is O=C(NC1CCC1)C1CC2CN(C(=O)CCc3ccc[nH]3)CC1O2. The Morgan fingerprint density at radius 3 is 2.92 bits per heavy atom. The van der Waals surface area contributed by atoms with Gasteiger partial charge in [-0.2, -0.15) is 0 Å². The zero-order chi connectivity index (χ0) is 16.5. The number of hydrogen-bond acceptors (Lipinski definition) is 3. The molecule has 6 nitrogen and oxygen atoms in total. The lowest BCUT2D eigenvalue weighted by Gasteiger charge is -2.33. The quantitative estimate of drug-likeness (QED) is 0.852. The average Bonchev–Trinajstić information content (AvgIpc) is 3.16. The monoisotopic (exact) mass is 331 g/mol. The van der Waals surface area contributed by atoms with Gasteiger partial charge >= 0.3 is 0 Å². The summed E-state index contributed by atoms with van der Waals surface area (Å²) in [5.41, 5.74) is 1.08. The molecule has 2 aliphatic heterocycles. The van der Waals surface area contributed by atoms with E-state index in [1.165, 1.54) is 6.42 Å². The van der Waals surface area contributed by atoms with E-state index in [1.807, 2.05) is 23.2 Å². The Balaban J connectivity index is 1.30. The number of hydrogen-bond donors (Lipinski definition) is 2. The fraction of sp³-hybridized carbons (Fsp3) is 0.667. The maximum Gasteiger partial charge on any atom is 0.226 e. The first kappa shape index (κ1) is 15.7. The fourth-order valence-corrected chi connectivity index (χ4v) is 3.92. The second-order valence-corrected chi connectivity index (χ2v) is 7.27. The molecule has 1 aliphatic carbocycles. The van der Waals surface area contributed by atoms with Crippen LogP contribution in [0.25, 0.3) is 0 Å². The highest BCUT2D eigenvalue weighted by atomic mass is 16.5. The molecule has 0 radical (unpaired) electrons. The molecular weight excluding hydrogens is 306 g/mol. The average molecular weight is 331 g/mol. The van der Waals surface area contributed by atoms with E-state index in [0.717, 1.165) is 31.4 Å². The Hall–Kier alpha value is -1.82. The highest BCUT2D eigenvalue weighted by Gasteiger charge is 2.46. The van der Waals surface area contributed by atoms with E-state index < -0.39 is 0 Å². The summed E-state index contributed by atoms with van der Waals surface area (Å²) in [5.74, 6) is 0.174. The Labute approximate surface area is 141 Å². The Morgan fingerprint density at radius 2 is 2.21 bits per heavy atom. The zero-order valence-electron chi connectivity index (χ0n) is 13.9. The number of carbonyl (C=O) groups excluding carboxylic acids is 2. The van der Waals surface area contributed by atoms with Crippen LogP contribution in [0.3, 0.4) is 0 Å². The van der Waals surface area contributed by atoms with Crippen molar-refractivity contribution < 1.29 is 14.3 Å². The number of amides is 2. The highest BCUT2D eigenvalue weighted by molar-refractivity contribution is 5.81. The lowest BCUT2D eigenvalue weighted by atomic mass is 9.91. The van der Waals surface area contributed by atoms with Crippen molar-refractivity contribution in [3.8, 4) is 0 Å². The van der Waals surface area contributed by atoms with Gasteiger partial charge in [-0.05, 0) is 44.2 Å². The predicted octanol–water partition coefficient (Wildman–Crippen LogP) is 1.23. The molecule has 0 spiro atoms. The molecule has 2 saturated heterocycles. The van der Waals surface area contributed by atoms with Crippen molar-refractivity contribution in [2.45, 2.75) is 56.8 Å². The molecule has 2 amide bonds. The van der Waals surface area contributed by atoms with Gasteiger partial charge in [0.15, 0.2) is 0 Å². The molecule has 3 unspecified atom stereocenters. The van der Waals surface area contributed by atoms with Gasteiger partial charge < -0.3 is 19.9 Å². The van der Waals surface area contributed by atoms with Crippen LogP contribution in [0.1, 0.15) is 37.8 Å². The minimum absolute atomic E-state index is 0.00956. The number of carbonyl (C=O) groups is 2. The third-order valence-electron chi connectivity index (χ3n) is 5.57. The maximum atomic E-state index is 12.5. The van der Waals surface area contributed by atoms with Crippen molar-refractivity contribution in [2.75, 3.05) is 13.1 Å². The lowest BCUT2D eigenvalue weighted by Crippen LogP contribution is -2.49. The van der Waals surface area contributed by atoms with Crippen LogP contribution in [0.15, 0.2) is 18.3 Å². The van der Waals surface area contributed by atoms with Gasteiger partial charge in [-0.15, -0.1) is 0 Å². The molecule has 24 heavy (non-hydrogen) atoms. The summed E-state index contributed by atoms with van der Waals surface area (Å²) in [4.78, 5) is 29.9. The standard InChI is InChI=1S/C18H25N3O3/c22-17(7-6-12-5-2-8-19-12)21-10-14-9-15(16(11-21)24-14)18(23)20-13-3-1-4-13/h2,5,8,13-16,19H,1,3-4,6-7,9-11H2,(H,20,23). The smallest absolute Gasteiger partial charge is 0.226 e. The van der Waals surface area contributed by atoms with E-state index in [-0.39, 0.29) is 29.9 Å². The van der Waals surface area contributed by atoms with E-state index in [1.54, 1.807) is 0 Å². The van der Waals surface area contributed by atoms with E-state index in [2.05, 4.69) is 10.3 Å². The lowest BCUT2D eigenvalue weighted by molar-refractivity contribution is -0.142. The van der Waals surface area contributed by atoms with Gasteiger partial charge in [0.05, 0.1) is 18.1 Å². The molecule has 1 aromatic rings. The van der Waals surface area contributed by atoms with E-state index in [9.17, 15) is 9.59 Å². The molecule has 3 heterocycles. The maximum absolute atomic E-state index is 12.5. The molecule has 3 atom stereocenters. The molecule has 1 saturated carbocycles. The summed E-state index contributed by atoms with van der Waals surface area (Å²) in [5, 5.41) is 3.13. The van der Waals surface area contributed by atoms with Crippen molar-refractivity contribution in [1.82, 2.24) is 15.2 Å². The van der Waals surface area contributed by atoms with Crippen molar-refractivity contribution in [2.24, 2.45) is 5.92 Å². The van der Waals surface area contributed by atoms with Crippen molar-refractivity contribution >= 4 is 11.8 Å². The number of likely N-dealkylation sites (tertiary alicyclic amines) is 1. The van der Waals surface area contributed by atoms with E-state index in [0.29, 0.717) is 25.6 Å².